The van der Waals surface area contributed by atoms with E-state index in [1.165, 1.54) is 0 Å². The molecule has 2 fully saturated rings. The van der Waals surface area contributed by atoms with Gasteiger partial charge in [0.15, 0.2) is 0 Å². The Balaban J connectivity index is 1.42. The Morgan fingerprint density at radius 1 is 1.10 bits per heavy atom. The Labute approximate surface area is 174 Å². The van der Waals surface area contributed by atoms with Gasteiger partial charge in [-0.3, -0.25) is 14.4 Å². The highest BCUT2D eigenvalue weighted by atomic mass is 32.2. The summed E-state index contributed by atoms with van der Waals surface area (Å²) in [7, 11) is 0. The van der Waals surface area contributed by atoms with Crippen LogP contribution in [-0.2, 0) is 16.1 Å². The average molecular weight is 410 g/mol. The lowest BCUT2D eigenvalue weighted by molar-refractivity contribution is -0.128. The first-order valence-corrected chi connectivity index (χ1v) is 10.9. The van der Waals surface area contributed by atoms with Crippen LogP contribution < -0.4 is 5.32 Å². The van der Waals surface area contributed by atoms with Crippen LogP contribution in [0.15, 0.2) is 54.6 Å². The number of benzene rings is 2. The Hall–Kier alpha value is -2.80. The van der Waals surface area contributed by atoms with Crippen LogP contribution in [-0.4, -0.2) is 51.7 Å². The molecule has 1 N–H and O–H groups in total. The van der Waals surface area contributed by atoms with Gasteiger partial charge in [0.25, 0.3) is 5.91 Å². The Kier molecular flexibility index (Phi) is 5.85. The van der Waals surface area contributed by atoms with E-state index in [0.717, 1.165) is 18.5 Å². The summed E-state index contributed by atoms with van der Waals surface area (Å²) in [6.07, 6.45) is 1.51. The summed E-state index contributed by atoms with van der Waals surface area (Å²) in [6, 6.07) is 16.1. The van der Waals surface area contributed by atoms with Crippen LogP contribution in [0.4, 0.5) is 5.69 Å². The molecule has 2 saturated heterocycles. The number of amides is 3. The fourth-order valence-corrected chi connectivity index (χ4v) is 4.83. The maximum absolute atomic E-state index is 12.9. The second-order valence-electron chi connectivity index (χ2n) is 7.27. The highest BCUT2D eigenvalue weighted by molar-refractivity contribution is 7.99. The fourth-order valence-electron chi connectivity index (χ4n) is 3.67. The van der Waals surface area contributed by atoms with Crippen LogP contribution in [0.2, 0.25) is 0 Å². The first kappa shape index (κ1) is 19.5. The third kappa shape index (κ3) is 4.45. The molecule has 2 heterocycles. The van der Waals surface area contributed by atoms with Crippen molar-refractivity contribution in [2.75, 3.05) is 23.5 Å². The summed E-state index contributed by atoms with van der Waals surface area (Å²) in [4.78, 5) is 41.0. The van der Waals surface area contributed by atoms with E-state index in [0.29, 0.717) is 35.8 Å². The third-order valence-corrected chi connectivity index (χ3v) is 6.22. The van der Waals surface area contributed by atoms with Crippen LogP contribution >= 0.6 is 11.8 Å². The minimum atomic E-state index is -0.503. The predicted molar refractivity (Wildman–Crippen MR) is 113 cm³/mol. The molecular formula is C22H23N3O3S. The second kappa shape index (κ2) is 8.69. The molecule has 29 heavy (non-hydrogen) atoms. The van der Waals surface area contributed by atoms with Gasteiger partial charge in [0.05, 0.1) is 5.88 Å². The van der Waals surface area contributed by atoms with Gasteiger partial charge < -0.3 is 15.1 Å². The molecule has 0 radical (unpaired) electrons. The minimum Gasteiger partial charge on any atom is -0.338 e. The summed E-state index contributed by atoms with van der Waals surface area (Å²) in [6.45, 7) is 1.34. The van der Waals surface area contributed by atoms with Gasteiger partial charge in [-0.2, -0.15) is 0 Å². The zero-order chi connectivity index (χ0) is 20.2. The molecule has 0 saturated carbocycles. The normalized spacial score (nSPS) is 18.9. The molecule has 0 bridgehead atoms. The number of nitrogens with one attached hydrogen (secondary N) is 1. The third-order valence-electron chi connectivity index (χ3n) is 5.21. The van der Waals surface area contributed by atoms with E-state index < -0.39 is 6.04 Å². The van der Waals surface area contributed by atoms with E-state index in [1.807, 2.05) is 47.4 Å². The molecule has 6 nitrogen and oxygen atoms in total. The SMILES string of the molecule is O=C(Nc1cccc(CN2CCCC2=O)c1)[C@@H]1CSCN1C(=O)c1ccccc1. The molecule has 7 heteroatoms. The van der Waals surface area contributed by atoms with Crippen molar-refractivity contribution in [1.82, 2.24) is 9.80 Å². The first-order chi connectivity index (χ1) is 14.1. The van der Waals surface area contributed by atoms with Gasteiger partial charge in [-0.25, -0.2) is 0 Å². The number of nitrogens with zero attached hydrogens (tertiary/aromatic N) is 2. The van der Waals surface area contributed by atoms with E-state index >= 15 is 0 Å². The number of carbonyl (C=O) groups is 3. The van der Waals surface area contributed by atoms with Crippen molar-refractivity contribution in [3.8, 4) is 0 Å². The molecule has 150 valence electrons. The molecule has 1 atom stereocenters. The zero-order valence-corrected chi connectivity index (χ0v) is 16.9. The second-order valence-corrected chi connectivity index (χ2v) is 8.26. The van der Waals surface area contributed by atoms with Gasteiger partial charge in [-0.1, -0.05) is 30.3 Å². The van der Waals surface area contributed by atoms with E-state index in [4.69, 9.17) is 0 Å². The van der Waals surface area contributed by atoms with Gasteiger partial charge in [0.1, 0.15) is 6.04 Å². The van der Waals surface area contributed by atoms with E-state index in [1.54, 1.807) is 28.8 Å². The molecule has 2 aliphatic heterocycles. The highest BCUT2D eigenvalue weighted by Gasteiger charge is 2.35. The number of anilines is 1. The molecule has 0 aliphatic carbocycles. The van der Waals surface area contributed by atoms with Crippen molar-refractivity contribution in [1.29, 1.82) is 0 Å². The maximum atomic E-state index is 12.9. The number of thioether (sulfide) groups is 1. The lowest BCUT2D eigenvalue weighted by atomic mass is 10.1. The number of hydrogen-bond donors (Lipinski definition) is 1. The maximum Gasteiger partial charge on any atom is 0.255 e. The molecule has 2 aliphatic rings. The monoisotopic (exact) mass is 409 g/mol. The summed E-state index contributed by atoms with van der Waals surface area (Å²) < 4.78 is 0. The highest BCUT2D eigenvalue weighted by Crippen LogP contribution is 2.25. The van der Waals surface area contributed by atoms with Gasteiger partial charge >= 0.3 is 0 Å². The zero-order valence-electron chi connectivity index (χ0n) is 16.0. The lowest BCUT2D eigenvalue weighted by Gasteiger charge is -2.23. The molecule has 0 unspecified atom stereocenters. The Bertz CT molecular complexity index is 919. The van der Waals surface area contributed by atoms with Gasteiger partial charge in [0.2, 0.25) is 11.8 Å². The summed E-state index contributed by atoms with van der Waals surface area (Å²) in [5, 5.41) is 2.95. The van der Waals surface area contributed by atoms with Crippen molar-refractivity contribution >= 4 is 35.2 Å². The van der Waals surface area contributed by atoms with Crippen LogP contribution in [0.5, 0.6) is 0 Å². The average Bonchev–Trinajstić information content (AvgIpc) is 3.38. The van der Waals surface area contributed by atoms with Crippen LogP contribution in [0.25, 0.3) is 0 Å². The van der Waals surface area contributed by atoms with Gasteiger partial charge in [-0.15, -0.1) is 11.8 Å². The smallest absolute Gasteiger partial charge is 0.255 e. The first-order valence-electron chi connectivity index (χ1n) is 9.73. The van der Waals surface area contributed by atoms with Crippen LogP contribution in [0.3, 0.4) is 0 Å². The molecule has 4 rings (SSSR count). The number of likely N-dealkylation sites (tertiary alicyclic amines) is 1. The van der Waals surface area contributed by atoms with Crippen molar-refractivity contribution in [2.45, 2.75) is 25.4 Å². The van der Waals surface area contributed by atoms with E-state index in [-0.39, 0.29) is 17.7 Å². The molecule has 0 aromatic heterocycles. The van der Waals surface area contributed by atoms with Crippen molar-refractivity contribution in [3.63, 3.8) is 0 Å². The number of rotatable bonds is 5. The topological polar surface area (TPSA) is 69.7 Å². The number of hydrogen-bond acceptors (Lipinski definition) is 4. The van der Waals surface area contributed by atoms with Crippen LogP contribution in [0, 0.1) is 0 Å². The molecule has 2 aromatic carbocycles. The Morgan fingerprint density at radius 2 is 1.93 bits per heavy atom. The van der Waals surface area contributed by atoms with E-state index in [2.05, 4.69) is 5.32 Å². The van der Waals surface area contributed by atoms with Gasteiger partial charge in [0, 0.05) is 36.5 Å². The predicted octanol–water partition coefficient (Wildman–Crippen LogP) is 2.96. The quantitative estimate of drug-likeness (QED) is 0.824. The summed E-state index contributed by atoms with van der Waals surface area (Å²) in [5.41, 5.74) is 2.25. The largest absolute Gasteiger partial charge is 0.338 e. The van der Waals surface area contributed by atoms with Crippen molar-refractivity contribution in [2.24, 2.45) is 0 Å². The minimum absolute atomic E-state index is 0.128. The van der Waals surface area contributed by atoms with Gasteiger partial charge in [-0.05, 0) is 36.2 Å². The van der Waals surface area contributed by atoms with Crippen molar-refractivity contribution < 1.29 is 14.4 Å². The number of carbonyl (C=O) groups excluding carboxylic acids is 3. The molecule has 0 spiro atoms. The molecular weight excluding hydrogens is 386 g/mol. The Morgan fingerprint density at radius 3 is 2.69 bits per heavy atom. The van der Waals surface area contributed by atoms with Crippen LogP contribution in [0.1, 0.15) is 28.8 Å². The molecule has 3 amide bonds. The molecule has 2 aromatic rings. The summed E-state index contributed by atoms with van der Waals surface area (Å²) >= 11 is 1.58. The van der Waals surface area contributed by atoms with Crippen molar-refractivity contribution in [3.05, 3.63) is 65.7 Å². The summed E-state index contributed by atoms with van der Waals surface area (Å²) in [5.74, 6) is 0.943. The standard InChI is InChI=1S/C22H23N3O3S/c26-20-10-5-11-24(20)13-16-6-4-9-18(12-16)23-21(27)19-14-29-15-25(19)22(28)17-7-2-1-3-8-17/h1-4,6-9,12,19H,5,10-11,13-15H2,(H,23,27)/t19-/m0/s1. The fraction of sp³-hybridized carbons (Fsp3) is 0.318. The van der Waals surface area contributed by atoms with E-state index in [9.17, 15) is 14.4 Å². The lowest BCUT2D eigenvalue weighted by Crippen LogP contribution is -2.44.